The topological polar surface area (TPSA) is 72.3 Å². The SMILES string of the molecule is CCOC(=O)C(O)=Cc1cc(CCc2ccccc2)ncn1. The number of esters is 1. The molecule has 1 heterocycles. The molecule has 0 saturated carbocycles. The lowest BCUT2D eigenvalue weighted by Crippen LogP contribution is -2.07. The van der Waals surface area contributed by atoms with E-state index in [2.05, 4.69) is 22.1 Å². The number of rotatable bonds is 6. The zero-order valence-corrected chi connectivity index (χ0v) is 12.4. The molecule has 0 spiro atoms. The first-order valence-corrected chi connectivity index (χ1v) is 7.11. The van der Waals surface area contributed by atoms with Gasteiger partial charge in [0.1, 0.15) is 6.33 Å². The molecule has 5 heteroatoms. The fraction of sp³-hybridized carbons (Fsp3) is 0.235. The lowest BCUT2D eigenvalue weighted by molar-refractivity contribution is -0.141. The second-order valence-corrected chi connectivity index (χ2v) is 4.67. The minimum atomic E-state index is -0.757. The predicted octanol–water partition coefficient (Wildman–Crippen LogP) is 2.72. The Morgan fingerprint density at radius 1 is 1.23 bits per heavy atom. The van der Waals surface area contributed by atoms with E-state index in [-0.39, 0.29) is 6.61 Å². The number of aryl methyl sites for hydroxylation is 2. The Hall–Kier alpha value is -2.69. The Morgan fingerprint density at radius 3 is 2.73 bits per heavy atom. The maximum absolute atomic E-state index is 11.4. The van der Waals surface area contributed by atoms with Gasteiger partial charge in [0.2, 0.25) is 5.76 Å². The molecule has 1 aromatic carbocycles. The van der Waals surface area contributed by atoms with Crippen molar-refractivity contribution in [3.05, 3.63) is 65.4 Å². The first-order chi connectivity index (χ1) is 10.7. The van der Waals surface area contributed by atoms with E-state index in [0.29, 0.717) is 5.69 Å². The monoisotopic (exact) mass is 298 g/mol. The molecular weight excluding hydrogens is 280 g/mol. The lowest BCUT2D eigenvalue weighted by Gasteiger charge is -2.03. The summed E-state index contributed by atoms with van der Waals surface area (Å²) in [5, 5.41) is 9.63. The molecule has 1 aromatic heterocycles. The van der Waals surface area contributed by atoms with Crippen LogP contribution in [0.2, 0.25) is 0 Å². The molecule has 0 radical (unpaired) electrons. The van der Waals surface area contributed by atoms with Gasteiger partial charge < -0.3 is 9.84 Å². The summed E-state index contributed by atoms with van der Waals surface area (Å²) in [6.45, 7) is 1.89. The van der Waals surface area contributed by atoms with Crippen LogP contribution in [0.1, 0.15) is 23.9 Å². The molecule has 0 fully saturated rings. The summed E-state index contributed by atoms with van der Waals surface area (Å²) >= 11 is 0. The summed E-state index contributed by atoms with van der Waals surface area (Å²) in [4.78, 5) is 19.6. The molecule has 22 heavy (non-hydrogen) atoms. The van der Waals surface area contributed by atoms with Gasteiger partial charge in [-0.1, -0.05) is 30.3 Å². The summed E-state index contributed by atoms with van der Waals surface area (Å²) in [6, 6.07) is 11.9. The predicted molar refractivity (Wildman–Crippen MR) is 83.1 cm³/mol. The number of aliphatic hydroxyl groups is 1. The van der Waals surface area contributed by atoms with Crippen molar-refractivity contribution in [3.8, 4) is 0 Å². The number of nitrogens with zero attached hydrogens (tertiary/aromatic N) is 2. The minimum Gasteiger partial charge on any atom is -0.502 e. The summed E-state index contributed by atoms with van der Waals surface area (Å²) < 4.78 is 4.71. The number of hydrogen-bond donors (Lipinski definition) is 1. The fourth-order valence-corrected chi connectivity index (χ4v) is 1.95. The van der Waals surface area contributed by atoms with Gasteiger partial charge in [0.25, 0.3) is 0 Å². The van der Waals surface area contributed by atoms with Crippen molar-refractivity contribution in [1.29, 1.82) is 0 Å². The average Bonchev–Trinajstić information content (AvgIpc) is 2.54. The number of ether oxygens (including phenoxy) is 1. The highest BCUT2D eigenvalue weighted by molar-refractivity contribution is 5.90. The molecule has 2 aromatic rings. The number of aliphatic hydroxyl groups excluding tert-OH is 1. The van der Waals surface area contributed by atoms with Crippen LogP contribution in [0.3, 0.4) is 0 Å². The van der Waals surface area contributed by atoms with Crippen molar-refractivity contribution in [2.45, 2.75) is 19.8 Å². The lowest BCUT2D eigenvalue weighted by atomic mass is 10.1. The Labute approximate surface area is 129 Å². The zero-order chi connectivity index (χ0) is 15.8. The molecule has 114 valence electrons. The van der Waals surface area contributed by atoms with Crippen molar-refractivity contribution >= 4 is 12.0 Å². The molecule has 0 amide bonds. The van der Waals surface area contributed by atoms with Gasteiger partial charge in [0.05, 0.1) is 12.3 Å². The van der Waals surface area contributed by atoms with E-state index in [9.17, 15) is 9.90 Å². The van der Waals surface area contributed by atoms with Crippen LogP contribution in [0.15, 0.2) is 48.5 Å². The van der Waals surface area contributed by atoms with Crippen LogP contribution >= 0.6 is 0 Å². The minimum absolute atomic E-state index is 0.211. The Balaban J connectivity index is 2.03. The number of aromatic nitrogens is 2. The van der Waals surface area contributed by atoms with Crippen LogP contribution < -0.4 is 0 Å². The van der Waals surface area contributed by atoms with Crippen LogP contribution in [0.5, 0.6) is 0 Å². The van der Waals surface area contributed by atoms with Crippen molar-refractivity contribution in [2.75, 3.05) is 6.61 Å². The number of carbonyl (C=O) groups is 1. The van der Waals surface area contributed by atoms with Gasteiger partial charge in [0.15, 0.2) is 0 Å². The van der Waals surface area contributed by atoms with E-state index < -0.39 is 11.7 Å². The van der Waals surface area contributed by atoms with Gasteiger partial charge in [-0.05, 0) is 31.4 Å². The summed E-state index contributed by atoms with van der Waals surface area (Å²) in [6.07, 6.45) is 4.33. The Kier molecular flexibility index (Phi) is 5.65. The number of carbonyl (C=O) groups excluding carboxylic acids is 1. The third-order valence-corrected chi connectivity index (χ3v) is 3.03. The zero-order valence-electron chi connectivity index (χ0n) is 12.4. The Morgan fingerprint density at radius 2 is 2.00 bits per heavy atom. The smallest absolute Gasteiger partial charge is 0.373 e. The van der Waals surface area contributed by atoms with Gasteiger partial charge in [-0.2, -0.15) is 0 Å². The molecule has 0 bridgehead atoms. The third-order valence-electron chi connectivity index (χ3n) is 3.03. The van der Waals surface area contributed by atoms with Crippen LogP contribution in [-0.2, 0) is 22.4 Å². The maximum atomic E-state index is 11.4. The normalized spacial score (nSPS) is 11.2. The van der Waals surface area contributed by atoms with Crippen molar-refractivity contribution in [2.24, 2.45) is 0 Å². The van der Waals surface area contributed by atoms with Gasteiger partial charge in [-0.3, -0.25) is 0 Å². The maximum Gasteiger partial charge on any atom is 0.373 e. The van der Waals surface area contributed by atoms with Crippen LogP contribution in [0, 0.1) is 0 Å². The van der Waals surface area contributed by atoms with Crippen LogP contribution in [0.4, 0.5) is 0 Å². The quantitative estimate of drug-likeness (QED) is 0.504. The molecule has 2 rings (SSSR count). The number of benzene rings is 1. The van der Waals surface area contributed by atoms with Gasteiger partial charge in [-0.15, -0.1) is 0 Å². The molecule has 0 aliphatic rings. The molecule has 0 aliphatic heterocycles. The van der Waals surface area contributed by atoms with Crippen LogP contribution in [-0.4, -0.2) is 27.7 Å². The van der Waals surface area contributed by atoms with E-state index in [1.165, 1.54) is 18.0 Å². The number of hydrogen-bond acceptors (Lipinski definition) is 5. The summed E-state index contributed by atoms with van der Waals surface area (Å²) in [5.74, 6) is -1.22. The fourth-order valence-electron chi connectivity index (χ4n) is 1.95. The van der Waals surface area contributed by atoms with E-state index in [0.717, 1.165) is 18.5 Å². The van der Waals surface area contributed by atoms with Crippen molar-refractivity contribution in [3.63, 3.8) is 0 Å². The average molecular weight is 298 g/mol. The molecular formula is C17H18N2O3. The van der Waals surface area contributed by atoms with Gasteiger partial charge in [0, 0.05) is 11.8 Å². The summed E-state index contributed by atoms with van der Waals surface area (Å²) in [7, 11) is 0. The van der Waals surface area contributed by atoms with E-state index >= 15 is 0 Å². The highest BCUT2D eigenvalue weighted by Crippen LogP contribution is 2.08. The first kappa shape index (κ1) is 15.7. The second kappa shape index (κ2) is 7.93. The second-order valence-electron chi connectivity index (χ2n) is 4.67. The van der Waals surface area contributed by atoms with E-state index in [4.69, 9.17) is 4.74 Å². The molecule has 0 atom stereocenters. The van der Waals surface area contributed by atoms with Crippen molar-refractivity contribution in [1.82, 2.24) is 9.97 Å². The van der Waals surface area contributed by atoms with Crippen molar-refractivity contribution < 1.29 is 14.6 Å². The standard InChI is InChI=1S/C17H18N2O3/c1-2-22-17(21)16(20)11-15-10-14(18-12-19-15)9-8-13-6-4-3-5-7-13/h3-7,10-12,20H,2,8-9H2,1H3. The van der Waals surface area contributed by atoms with Gasteiger partial charge in [-0.25, -0.2) is 14.8 Å². The Bertz CT molecular complexity index is 654. The highest BCUT2D eigenvalue weighted by atomic mass is 16.5. The van der Waals surface area contributed by atoms with Gasteiger partial charge >= 0.3 is 5.97 Å². The van der Waals surface area contributed by atoms with E-state index in [1.807, 2.05) is 18.2 Å². The molecule has 5 nitrogen and oxygen atoms in total. The molecule has 0 aliphatic carbocycles. The molecule has 0 saturated heterocycles. The summed E-state index contributed by atoms with van der Waals surface area (Å²) in [5.41, 5.74) is 2.55. The molecule has 0 unspecified atom stereocenters. The highest BCUT2D eigenvalue weighted by Gasteiger charge is 2.08. The molecule has 1 N–H and O–H groups in total. The van der Waals surface area contributed by atoms with E-state index in [1.54, 1.807) is 13.0 Å². The van der Waals surface area contributed by atoms with Crippen LogP contribution in [0.25, 0.3) is 6.08 Å². The first-order valence-electron chi connectivity index (χ1n) is 7.11. The largest absolute Gasteiger partial charge is 0.502 e. The third kappa shape index (κ3) is 4.70.